The van der Waals surface area contributed by atoms with Gasteiger partial charge in [-0.3, -0.25) is 9.69 Å². The number of Topliss-reactive ketones (excluding diaryl/α,β-unsaturated/α-hetero) is 1. The predicted molar refractivity (Wildman–Crippen MR) is 122 cm³/mol. The summed E-state index contributed by atoms with van der Waals surface area (Å²) < 4.78 is 12.0. The second-order valence-corrected chi connectivity index (χ2v) is 8.61. The molecule has 5 rings (SSSR count). The zero-order chi connectivity index (χ0) is 21.5. The standard InChI is InChI=1S/C25H19Cl2NO3/c1-15-2-4-16(5-3-15)12-28-13-20-22(30-14-28)9-8-19-24(29)23(31-25(19)20)10-17-6-7-18(26)11-21(17)27/h2-11H,12-14H2,1H3/b23-10-. The first-order valence-corrected chi connectivity index (χ1v) is 10.7. The number of ether oxygens (including phenoxy) is 2. The van der Waals surface area contributed by atoms with Gasteiger partial charge in [0.05, 0.1) is 11.1 Å². The molecule has 2 aliphatic heterocycles. The molecule has 0 N–H and O–H groups in total. The Labute approximate surface area is 190 Å². The minimum Gasteiger partial charge on any atom is -0.478 e. The van der Waals surface area contributed by atoms with E-state index in [2.05, 4.69) is 36.1 Å². The molecule has 156 valence electrons. The largest absolute Gasteiger partial charge is 0.478 e. The van der Waals surface area contributed by atoms with E-state index in [9.17, 15) is 4.79 Å². The number of benzene rings is 3. The van der Waals surface area contributed by atoms with Gasteiger partial charge in [0.25, 0.3) is 0 Å². The number of carbonyl (C=O) groups excluding carboxylic acids is 1. The van der Waals surface area contributed by atoms with Gasteiger partial charge in [-0.2, -0.15) is 0 Å². The lowest BCUT2D eigenvalue weighted by molar-refractivity contribution is 0.0873. The van der Waals surface area contributed by atoms with E-state index in [0.717, 1.165) is 17.9 Å². The molecule has 0 aliphatic carbocycles. The zero-order valence-electron chi connectivity index (χ0n) is 16.8. The monoisotopic (exact) mass is 451 g/mol. The fourth-order valence-corrected chi connectivity index (χ4v) is 4.28. The SMILES string of the molecule is Cc1ccc(CN2COc3ccc4c(c3C2)O/C(=C\c2ccc(Cl)cc2Cl)C4=O)cc1. The van der Waals surface area contributed by atoms with Crippen molar-refractivity contribution in [3.05, 3.63) is 98.2 Å². The number of ketones is 1. The van der Waals surface area contributed by atoms with Crippen LogP contribution in [0.15, 0.2) is 60.4 Å². The topological polar surface area (TPSA) is 38.8 Å². The lowest BCUT2D eigenvalue weighted by atomic mass is 10.0. The van der Waals surface area contributed by atoms with Gasteiger partial charge in [-0.05, 0) is 48.4 Å². The van der Waals surface area contributed by atoms with Crippen molar-refractivity contribution >= 4 is 35.1 Å². The van der Waals surface area contributed by atoms with Gasteiger partial charge in [0, 0.05) is 23.1 Å². The molecule has 0 fully saturated rings. The van der Waals surface area contributed by atoms with Crippen LogP contribution in [0, 0.1) is 6.92 Å². The number of hydrogen-bond acceptors (Lipinski definition) is 4. The number of hydrogen-bond donors (Lipinski definition) is 0. The van der Waals surface area contributed by atoms with Crippen LogP contribution in [0.2, 0.25) is 10.0 Å². The van der Waals surface area contributed by atoms with Crippen molar-refractivity contribution in [2.45, 2.75) is 20.0 Å². The van der Waals surface area contributed by atoms with Gasteiger partial charge in [-0.15, -0.1) is 0 Å². The third-order valence-electron chi connectivity index (χ3n) is 5.46. The van der Waals surface area contributed by atoms with Crippen LogP contribution >= 0.6 is 23.2 Å². The molecule has 3 aromatic carbocycles. The van der Waals surface area contributed by atoms with Crippen LogP contribution in [0.3, 0.4) is 0 Å². The van der Waals surface area contributed by atoms with E-state index in [0.29, 0.717) is 40.2 Å². The van der Waals surface area contributed by atoms with E-state index < -0.39 is 0 Å². The first-order valence-electron chi connectivity index (χ1n) is 9.94. The Morgan fingerprint density at radius 3 is 2.65 bits per heavy atom. The van der Waals surface area contributed by atoms with Gasteiger partial charge in [0.1, 0.15) is 18.2 Å². The molecule has 0 saturated heterocycles. The molecule has 0 radical (unpaired) electrons. The lowest BCUT2D eigenvalue weighted by Crippen LogP contribution is -2.31. The maximum Gasteiger partial charge on any atom is 0.231 e. The average Bonchev–Trinajstić information content (AvgIpc) is 3.08. The number of carbonyl (C=O) groups is 1. The Bertz CT molecular complexity index is 1220. The highest BCUT2D eigenvalue weighted by atomic mass is 35.5. The minimum absolute atomic E-state index is 0.167. The molecule has 2 heterocycles. The van der Waals surface area contributed by atoms with Crippen molar-refractivity contribution in [1.29, 1.82) is 0 Å². The van der Waals surface area contributed by atoms with Crippen molar-refractivity contribution in [2.75, 3.05) is 6.73 Å². The molecule has 2 aliphatic rings. The summed E-state index contributed by atoms with van der Waals surface area (Å²) in [6, 6.07) is 17.2. The summed E-state index contributed by atoms with van der Waals surface area (Å²) in [5.74, 6) is 1.38. The quantitative estimate of drug-likeness (QED) is 0.439. The highest BCUT2D eigenvalue weighted by Crippen LogP contribution is 2.42. The van der Waals surface area contributed by atoms with Crippen LogP contribution in [-0.4, -0.2) is 17.4 Å². The number of halogens is 2. The smallest absolute Gasteiger partial charge is 0.231 e. The zero-order valence-corrected chi connectivity index (χ0v) is 18.3. The lowest BCUT2D eigenvalue weighted by Gasteiger charge is -2.29. The van der Waals surface area contributed by atoms with E-state index in [-0.39, 0.29) is 11.5 Å². The third-order valence-corrected chi connectivity index (χ3v) is 6.02. The summed E-state index contributed by atoms with van der Waals surface area (Å²) in [6.07, 6.45) is 1.65. The maximum absolute atomic E-state index is 13.0. The number of nitrogens with zero attached hydrogens (tertiary/aromatic N) is 1. The highest BCUT2D eigenvalue weighted by molar-refractivity contribution is 6.35. The maximum atomic E-state index is 13.0. The van der Waals surface area contributed by atoms with Crippen LogP contribution in [-0.2, 0) is 13.1 Å². The molecule has 0 unspecified atom stereocenters. The van der Waals surface area contributed by atoms with Crippen molar-refractivity contribution in [2.24, 2.45) is 0 Å². The van der Waals surface area contributed by atoms with Crippen molar-refractivity contribution < 1.29 is 14.3 Å². The van der Waals surface area contributed by atoms with Gasteiger partial charge in [-0.1, -0.05) is 59.1 Å². The number of aryl methyl sites for hydroxylation is 1. The van der Waals surface area contributed by atoms with Gasteiger partial charge in [-0.25, -0.2) is 0 Å². The predicted octanol–water partition coefficient (Wildman–Crippen LogP) is 6.27. The van der Waals surface area contributed by atoms with Crippen LogP contribution in [0.5, 0.6) is 11.5 Å². The fourth-order valence-electron chi connectivity index (χ4n) is 3.82. The van der Waals surface area contributed by atoms with Crippen molar-refractivity contribution in [3.63, 3.8) is 0 Å². The summed E-state index contributed by atoms with van der Waals surface area (Å²) in [5.41, 5.74) is 4.54. The Kier molecular flexibility index (Phi) is 5.22. The Hall–Kier alpha value is -2.79. The van der Waals surface area contributed by atoms with Crippen LogP contribution in [0.25, 0.3) is 6.08 Å². The molecule has 0 spiro atoms. The van der Waals surface area contributed by atoms with E-state index in [1.807, 2.05) is 6.07 Å². The van der Waals surface area contributed by atoms with E-state index >= 15 is 0 Å². The number of rotatable bonds is 3. The van der Waals surface area contributed by atoms with Gasteiger partial charge < -0.3 is 9.47 Å². The summed E-state index contributed by atoms with van der Waals surface area (Å²) >= 11 is 12.2. The average molecular weight is 452 g/mol. The Morgan fingerprint density at radius 2 is 1.87 bits per heavy atom. The summed E-state index contributed by atoms with van der Waals surface area (Å²) in [6.45, 7) is 3.94. The minimum atomic E-state index is -0.167. The third kappa shape index (κ3) is 3.94. The van der Waals surface area contributed by atoms with Gasteiger partial charge in [0.15, 0.2) is 5.76 Å². The normalized spacial score (nSPS) is 16.6. The second-order valence-electron chi connectivity index (χ2n) is 7.77. The Balaban J connectivity index is 1.43. The molecule has 6 heteroatoms. The Morgan fingerprint density at radius 1 is 1.06 bits per heavy atom. The second kappa shape index (κ2) is 8.04. The van der Waals surface area contributed by atoms with Crippen LogP contribution < -0.4 is 9.47 Å². The molecule has 0 atom stereocenters. The summed E-state index contributed by atoms with van der Waals surface area (Å²) in [4.78, 5) is 15.1. The van der Waals surface area contributed by atoms with E-state index in [4.69, 9.17) is 32.7 Å². The first-order chi connectivity index (χ1) is 15.0. The molecular formula is C25H19Cl2NO3. The van der Waals surface area contributed by atoms with E-state index in [1.165, 1.54) is 11.1 Å². The molecular weight excluding hydrogens is 433 g/mol. The molecule has 0 aromatic heterocycles. The van der Waals surface area contributed by atoms with Gasteiger partial charge >= 0.3 is 0 Å². The van der Waals surface area contributed by atoms with Crippen molar-refractivity contribution in [3.8, 4) is 11.5 Å². The molecule has 31 heavy (non-hydrogen) atoms. The molecule has 4 nitrogen and oxygen atoms in total. The molecule has 0 amide bonds. The van der Waals surface area contributed by atoms with Crippen LogP contribution in [0.4, 0.5) is 0 Å². The molecule has 0 bridgehead atoms. The number of allylic oxidation sites excluding steroid dienone is 1. The van der Waals surface area contributed by atoms with Crippen molar-refractivity contribution in [1.82, 2.24) is 4.90 Å². The summed E-state index contributed by atoms with van der Waals surface area (Å²) in [7, 11) is 0. The summed E-state index contributed by atoms with van der Waals surface area (Å²) in [5, 5.41) is 0.996. The molecule has 0 saturated carbocycles. The first kappa shape index (κ1) is 20.1. The fraction of sp³-hybridized carbons (Fsp3) is 0.160. The van der Waals surface area contributed by atoms with Gasteiger partial charge in [0.2, 0.25) is 5.78 Å². The van der Waals surface area contributed by atoms with E-state index in [1.54, 1.807) is 30.3 Å². The number of fused-ring (bicyclic) bond motifs is 3. The highest BCUT2D eigenvalue weighted by Gasteiger charge is 2.33. The van der Waals surface area contributed by atoms with Crippen LogP contribution in [0.1, 0.15) is 32.6 Å². The molecule has 3 aromatic rings.